The molecule has 1 aromatic carbocycles. The van der Waals surface area contributed by atoms with Gasteiger partial charge in [-0.3, -0.25) is 14.4 Å². The molecule has 1 amide bonds. The monoisotopic (exact) mass is 290 g/mol. The molecule has 2 N–H and O–H groups in total. The zero-order valence-corrected chi connectivity index (χ0v) is 11.2. The molecule has 2 rings (SSSR count). The summed E-state index contributed by atoms with van der Waals surface area (Å²) in [6, 6.07) is 6.74. The van der Waals surface area contributed by atoms with Crippen molar-refractivity contribution in [1.29, 1.82) is 0 Å². The fourth-order valence-electron chi connectivity index (χ4n) is 1.79. The van der Waals surface area contributed by atoms with Crippen LogP contribution in [0.2, 0.25) is 0 Å². The van der Waals surface area contributed by atoms with Gasteiger partial charge in [0.25, 0.3) is 5.56 Å². The van der Waals surface area contributed by atoms with Crippen molar-refractivity contribution >= 4 is 22.8 Å². The first kappa shape index (κ1) is 14.6. The number of carboxylic acid groups (broad SMARTS) is 1. The Balaban J connectivity index is 2.00. The summed E-state index contributed by atoms with van der Waals surface area (Å²) in [5, 5.41) is 19.0. The Morgan fingerprint density at radius 2 is 2.05 bits per heavy atom. The average molecular weight is 290 g/mol. The first-order chi connectivity index (χ1) is 10.1. The Morgan fingerprint density at radius 1 is 1.29 bits per heavy atom. The molecule has 0 radical (unpaired) electrons. The third kappa shape index (κ3) is 3.85. The van der Waals surface area contributed by atoms with Crippen molar-refractivity contribution in [1.82, 2.24) is 20.3 Å². The molecule has 0 saturated heterocycles. The summed E-state index contributed by atoms with van der Waals surface area (Å²) in [5.41, 5.74) is 0.0851. The third-order valence-electron chi connectivity index (χ3n) is 2.81. The van der Waals surface area contributed by atoms with Crippen molar-refractivity contribution < 1.29 is 14.7 Å². The summed E-state index contributed by atoms with van der Waals surface area (Å²) in [7, 11) is 0. The van der Waals surface area contributed by atoms with Crippen LogP contribution in [0, 0.1) is 0 Å². The van der Waals surface area contributed by atoms with Crippen LogP contribution >= 0.6 is 0 Å². The lowest BCUT2D eigenvalue weighted by molar-refractivity contribution is -0.137. The van der Waals surface area contributed by atoms with E-state index in [0.29, 0.717) is 17.3 Å². The number of nitrogens with zero attached hydrogens (tertiary/aromatic N) is 3. The van der Waals surface area contributed by atoms with E-state index in [0.717, 1.165) is 4.68 Å². The molecule has 0 atom stereocenters. The first-order valence-corrected chi connectivity index (χ1v) is 6.39. The molecule has 0 spiro atoms. The maximum atomic E-state index is 12.1. The quantitative estimate of drug-likeness (QED) is 0.710. The van der Waals surface area contributed by atoms with E-state index >= 15 is 0 Å². The van der Waals surface area contributed by atoms with Gasteiger partial charge in [-0.05, 0) is 18.6 Å². The van der Waals surface area contributed by atoms with E-state index in [4.69, 9.17) is 5.11 Å². The average Bonchev–Trinajstić information content (AvgIpc) is 2.47. The van der Waals surface area contributed by atoms with Crippen LogP contribution in [-0.2, 0) is 16.1 Å². The summed E-state index contributed by atoms with van der Waals surface area (Å²) in [6.07, 6.45) is 0.315. The van der Waals surface area contributed by atoms with Gasteiger partial charge in [0, 0.05) is 13.0 Å². The van der Waals surface area contributed by atoms with Crippen LogP contribution in [0.25, 0.3) is 10.9 Å². The smallest absolute Gasteiger partial charge is 0.303 e. The van der Waals surface area contributed by atoms with E-state index < -0.39 is 11.9 Å². The van der Waals surface area contributed by atoms with E-state index in [9.17, 15) is 14.4 Å². The van der Waals surface area contributed by atoms with Crippen LogP contribution < -0.4 is 10.9 Å². The van der Waals surface area contributed by atoms with Crippen molar-refractivity contribution in [3.8, 4) is 0 Å². The Morgan fingerprint density at radius 3 is 2.81 bits per heavy atom. The van der Waals surface area contributed by atoms with Crippen molar-refractivity contribution in [2.75, 3.05) is 6.54 Å². The number of carbonyl (C=O) groups is 2. The molecule has 2 aromatic rings. The number of fused-ring (bicyclic) bond motifs is 1. The lowest BCUT2D eigenvalue weighted by Crippen LogP contribution is -2.34. The summed E-state index contributed by atoms with van der Waals surface area (Å²) >= 11 is 0. The number of carbonyl (C=O) groups excluding carboxylic acids is 1. The number of nitrogens with one attached hydrogen (secondary N) is 1. The predicted octanol–water partition coefficient (Wildman–Crippen LogP) is -0.228. The molecule has 21 heavy (non-hydrogen) atoms. The maximum Gasteiger partial charge on any atom is 0.303 e. The Kier molecular flexibility index (Phi) is 4.60. The van der Waals surface area contributed by atoms with Crippen molar-refractivity contribution in [3.05, 3.63) is 34.6 Å². The van der Waals surface area contributed by atoms with Crippen LogP contribution in [-0.4, -0.2) is 38.5 Å². The van der Waals surface area contributed by atoms with Gasteiger partial charge < -0.3 is 10.4 Å². The second-order valence-electron chi connectivity index (χ2n) is 4.42. The minimum atomic E-state index is -0.916. The number of hydrogen-bond acceptors (Lipinski definition) is 5. The second kappa shape index (κ2) is 6.60. The molecule has 1 heterocycles. The largest absolute Gasteiger partial charge is 0.481 e. The topological polar surface area (TPSA) is 114 Å². The molecule has 8 nitrogen and oxygen atoms in total. The lowest BCUT2D eigenvalue weighted by atomic mass is 10.2. The van der Waals surface area contributed by atoms with Crippen LogP contribution in [0.1, 0.15) is 12.8 Å². The SMILES string of the molecule is O=C(O)CCCNC(=O)Cn1nnc2ccccc2c1=O. The summed E-state index contributed by atoms with van der Waals surface area (Å²) in [4.78, 5) is 34.1. The number of aliphatic carboxylic acids is 1. The zero-order chi connectivity index (χ0) is 15.2. The van der Waals surface area contributed by atoms with E-state index in [-0.39, 0.29) is 25.1 Å². The van der Waals surface area contributed by atoms with Crippen molar-refractivity contribution in [3.63, 3.8) is 0 Å². The van der Waals surface area contributed by atoms with Crippen LogP contribution in [0.4, 0.5) is 0 Å². The van der Waals surface area contributed by atoms with Gasteiger partial charge in [-0.25, -0.2) is 4.68 Å². The highest BCUT2D eigenvalue weighted by atomic mass is 16.4. The molecule has 0 saturated carbocycles. The number of hydrogen-bond donors (Lipinski definition) is 2. The van der Waals surface area contributed by atoms with Crippen molar-refractivity contribution in [2.24, 2.45) is 0 Å². The lowest BCUT2D eigenvalue weighted by Gasteiger charge is -2.06. The molecular weight excluding hydrogens is 276 g/mol. The van der Waals surface area contributed by atoms with Gasteiger partial charge >= 0.3 is 5.97 Å². The number of rotatable bonds is 6. The highest BCUT2D eigenvalue weighted by Crippen LogP contribution is 2.03. The van der Waals surface area contributed by atoms with Crippen molar-refractivity contribution in [2.45, 2.75) is 19.4 Å². The molecule has 0 aliphatic carbocycles. The molecule has 0 aliphatic heterocycles. The fraction of sp³-hybridized carbons (Fsp3) is 0.308. The number of carboxylic acids is 1. The molecular formula is C13H14N4O4. The first-order valence-electron chi connectivity index (χ1n) is 6.39. The van der Waals surface area contributed by atoms with E-state index in [1.54, 1.807) is 24.3 Å². The van der Waals surface area contributed by atoms with Gasteiger partial charge in [-0.15, -0.1) is 5.10 Å². The van der Waals surface area contributed by atoms with E-state index in [1.165, 1.54) is 0 Å². The standard InChI is InChI=1S/C13H14N4O4/c18-11(14-7-3-6-12(19)20)8-17-13(21)9-4-1-2-5-10(9)15-16-17/h1-2,4-5H,3,6-8H2,(H,14,18)(H,19,20). The Bertz CT molecular complexity index is 725. The molecule has 0 aliphatic rings. The summed E-state index contributed by atoms with van der Waals surface area (Å²) in [5.74, 6) is -1.33. The van der Waals surface area contributed by atoms with Gasteiger partial charge in [-0.2, -0.15) is 0 Å². The fourth-order valence-corrected chi connectivity index (χ4v) is 1.79. The summed E-state index contributed by atoms with van der Waals surface area (Å²) in [6.45, 7) is -0.00929. The van der Waals surface area contributed by atoms with Crippen LogP contribution in [0.5, 0.6) is 0 Å². The summed E-state index contributed by atoms with van der Waals surface area (Å²) < 4.78 is 0.981. The minimum absolute atomic E-state index is 0.0178. The van der Waals surface area contributed by atoms with Crippen LogP contribution in [0.15, 0.2) is 29.1 Å². The highest BCUT2D eigenvalue weighted by molar-refractivity contribution is 5.78. The second-order valence-corrected chi connectivity index (χ2v) is 4.42. The van der Waals surface area contributed by atoms with E-state index in [1.807, 2.05) is 0 Å². The van der Waals surface area contributed by atoms with Gasteiger partial charge in [0.1, 0.15) is 12.1 Å². The molecule has 8 heteroatoms. The van der Waals surface area contributed by atoms with Gasteiger partial charge in [0.2, 0.25) is 5.91 Å². The van der Waals surface area contributed by atoms with Gasteiger partial charge in [-0.1, -0.05) is 17.3 Å². The normalized spacial score (nSPS) is 10.5. The zero-order valence-electron chi connectivity index (χ0n) is 11.2. The van der Waals surface area contributed by atoms with Crippen LogP contribution in [0.3, 0.4) is 0 Å². The maximum absolute atomic E-state index is 12.1. The minimum Gasteiger partial charge on any atom is -0.481 e. The van der Waals surface area contributed by atoms with Gasteiger partial charge in [0.05, 0.1) is 5.39 Å². The van der Waals surface area contributed by atoms with Gasteiger partial charge in [0.15, 0.2) is 0 Å². The number of benzene rings is 1. The molecule has 0 bridgehead atoms. The Labute approximate surface area is 119 Å². The third-order valence-corrected chi connectivity index (χ3v) is 2.81. The molecule has 0 unspecified atom stereocenters. The number of amides is 1. The molecule has 0 fully saturated rings. The number of aromatic nitrogens is 3. The Hall–Kier alpha value is -2.77. The predicted molar refractivity (Wildman–Crippen MR) is 73.7 cm³/mol. The highest BCUT2D eigenvalue weighted by Gasteiger charge is 2.09. The van der Waals surface area contributed by atoms with E-state index in [2.05, 4.69) is 15.6 Å². The molecule has 110 valence electrons. The molecule has 1 aromatic heterocycles.